The molecule has 5 heteroatoms. The maximum Gasteiger partial charge on any atom is 0.344 e. The van der Waals surface area contributed by atoms with Gasteiger partial charge in [-0.2, -0.15) is 0 Å². The van der Waals surface area contributed by atoms with Gasteiger partial charge in [-0.1, -0.05) is 72.6 Å². The monoisotopic (exact) mass is 564 g/mol. The van der Waals surface area contributed by atoms with Crippen LogP contribution >= 0.6 is 0 Å². The average molecular weight is 565 g/mol. The van der Waals surface area contributed by atoms with Crippen molar-refractivity contribution < 1.29 is 14.3 Å². The number of rotatable bonds is 14. The summed E-state index contributed by atoms with van der Waals surface area (Å²) in [5, 5.41) is 0. The summed E-state index contributed by atoms with van der Waals surface area (Å²) >= 11 is 0. The number of hydrogen-bond acceptors (Lipinski definition) is 5. The number of carbonyl (C=O) groups excluding carboxylic acids is 1. The van der Waals surface area contributed by atoms with E-state index >= 15 is 0 Å². The number of ether oxygens (including phenoxy) is 2. The lowest BCUT2D eigenvalue weighted by Crippen LogP contribution is -2.37. The Balaban J connectivity index is 1.56. The molecule has 0 saturated carbocycles. The van der Waals surface area contributed by atoms with Gasteiger partial charge in [0, 0.05) is 11.8 Å². The molecule has 0 aliphatic carbocycles. The van der Waals surface area contributed by atoms with Gasteiger partial charge in [0.1, 0.15) is 11.4 Å². The molecule has 3 rings (SSSR count). The SMILES string of the molecule is Cc1c(C)c(C(=O)Oc2cc(N)ccc2N)c(C)c2c1OC(C)(CCCC(C)CCCC(C)CCCC(C)C)CC2. The summed E-state index contributed by atoms with van der Waals surface area (Å²) in [6.45, 7) is 17.8. The van der Waals surface area contributed by atoms with Crippen LogP contribution in [-0.2, 0) is 6.42 Å². The predicted molar refractivity (Wildman–Crippen MR) is 173 cm³/mol. The molecule has 0 saturated heterocycles. The molecule has 1 heterocycles. The summed E-state index contributed by atoms with van der Waals surface area (Å²) in [6.07, 6.45) is 13.5. The lowest BCUT2D eigenvalue weighted by molar-refractivity contribution is 0.0512. The van der Waals surface area contributed by atoms with Gasteiger partial charge in [0.05, 0.1) is 11.3 Å². The minimum Gasteiger partial charge on any atom is -0.487 e. The number of nitrogens with two attached hydrogens (primary N) is 2. The Morgan fingerprint density at radius 2 is 1.51 bits per heavy atom. The van der Waals surface area contributed by atoms with Crippen LogP contribution in [0.5, 0.6) is 11.5 Å². The second kappa shape index (κ2) is 14.5. The Morgan fingerprint density at radius 3 is 2.15 bits per heavy atom. The summed E-state index contributed by atoms with van der Waals surface area (Å²) in [4.78, 5) is 13.3. The highest BCUT2D eigenvalue weighted by molar-refractivity contribution is 5.96. The highest BCUT2D eigenvalue weighted by atomic mass is 16.5. The van der Waals surface area contributed by atoms with E-state index in [1.54, 1.807) is 18.2 Å². The zero-order valence-corrected chi connectivity index (χ0v) is 27.1. The maximum atomic E-state index is 13.3. The fourth-order valence-corrected chi connectivity index (χ4v) is 6.39. The summed E-state index contributed by atoms with van der Waals surface area (Å²) in [5.41, 5.74) is 17.2. The van der Waals surface area contributed by atoms with E-state index in [0.717, 1.165) is 65.0 Å². The highest BCUT2D eigenvalue weighted by Crippen LogP contribution is 2.43. The topological polar surface area (TPSA) is 87.6 Å². The van der Waals surface area contributed by atoms with Crippen LogP contribution in [0, 0.1) is 38.5 Å². The van der Waals surface area contributed by atoms with E-state index in [4.69, 9.17) is 20.9 Å². The van der Waals surface area contributed by atoms with Crippen LogP contribution < -0.4 is 20.9 Å². The fourth-order valence-electron chi connectivity index (χ4n) is 6.39. The first-order valence-electron chi connectivity index (χ1n) is 16.0. The molecule has 0 radical (unpaired) electrons. The van der Waals surface area contributed by atoms with E-state index in [1.807, 2.05) is 13.8 Å². The van der Waals surface area contributed by atoms with E-state index < -0.39 is 5.97 Å². The van der Waals surface area contributed by atoms with Crippen molar-refractivity contribution >= 4 is 17.3 Å². The first kappa shape index (κ1) is 32.8. The van der Waals surface area contributed by atoms with Crippen LogP contribution in [0.1, 0.15) is 131 Å². The summed E-state index contributed by atoms with van der Waals surface area (Å²) < 4.78 is 12.5. The van der Waals surface area contributed by atoms with Gasteiger partial charge in [-0.3, -0.25) is 0 Å². The van der Waals surface area contributed by atoms with E-state index in [9.17, 15) is 4.79 Å². The quantitative estimate of drug-likeness (QED) is 0.135. The first-order chi connectivity index (χ1) is 19.3. The molecule has 0 spiro atoms. The average Bonchev–Trinajstić information content (AvgIpc) is 2.89. The fraction of sp³-hybridized carbons (Fsp3) is 0.639. The molecule has 0 amide bonds. The molecule has 228 valence electrons. The van der Waals surface area contributed by atoms with Gasteiger partial charge >= 0.3 is 5.97 Å². The second-order valence-corrected chi connectivity index (χ2v) is 13.7. The van der Waals surface area contributed by atoms with E-state index in [1.165, 1.54) is 51.4 Å². The Kier molecular flexibility index (Phi) is 11.6. The number of benzene rings is 2. The van der Waals surface area contributed by atoms with Gasteiger partial charge in [-0.05, 0) is 106 Å². The molecule has 41 heavy (non-hydrogen) atoms. The molecule has 3 unspecified atom stereocenters. The van der Waals surface area contributed by atoms with Gasteiger partial charge in [0.2, 0.25) is 0 Å². The molecule has 0 aromatic heterocycles. The smallest absolute Gasteiger partial charge is 0.344 e. The number of nitrogen functional groups attached to an aromatic ring is 2. The van der Waals surface area contributed by atoms with Crippen LogP contribution in [0.4, 0.5) is 11.4 Å². The Labute approximate surface area is 249 Å². The summed E-state index contributed by atoms with van der Waals surface area (Å²) in [7, 11) is 0. The molecule has 5 nitrogen and oxygen atoms in total. The third-order valence-electron chi connectivity index (χ3n) is 9.35. The van der Waals surface area contributed by atoms with Crippen LogP contribution in [0.2, 0.25) is 0 Å². The zero-order chi connectivity index (χ0) is 30.3. The molecule has 3 atom stereocenters. The lowest BCUT2D eigenvalue weighted by atomic mass is 9.82. The number of hydrogen-bond donors (Lipinski definition) is 2. The lowest BCUT2D eigenvalue weighted by Gasteiger charge is -2.38. The Bertz CT molecular complexity index is 1190. The van der Waals surface area contributed by atoms with E-state index in [2.05, 4.69) is 41.5 Å². The van der Waals surface area contributed by atoms with Crippen LogP contribution in [0.15, 0.2) is 18.2 Å². The Hall–Kier alpha value is -2.69. The van der Waals surface area contributed by atoms with Crippen molar-refractivity contribution in [3.8, 4) is 11.5 Å². The summed E-state index contributed by atoms with van der Waals surface area (Å²) in [6, 6.07) is 4.94. The van der Waals surface area contributed by atoms with Crippen molar-refractivity contribution in [2.45, 2.75) is 132 Å². The molecular weight excluding hydrogens is 508 g/mol. The Morgan fingerprint density at radius 1 is 0.902 bits per heavy atom. The van der Waals surface area contributed by atoms with Crippen LogP contribution in [0.25, 0.3) is 0 Å². The zero-order valence-electron chi connectivity index (χ0n) is 27.1. The van der Waals surface area contributed by atoms with Crippen molar-refractivity contribution in [2.24, 2.45) is 17.8 Å². The summed E-state index contributed by atoms with van der Waals surface area (Å²) in [5.74, 6) is 3.27. The second-order valence-electron chi connectivity index (χ2n) is 13.7. The van der Waals surface area contributed by atoms with Crippen LogP contribution in [0.3, 0.4) is 0 Å². The number of fused-ring (bicyclic) bond motifs is 1. The molecule has 0 bridgehead atoms. The van der Waals surface area contributed by atoms with Gasteiger partial charge < -0.3 is 20.9 Å². The van der Waals surface area contributed by atoms with E-state index in [0.29, 0.717) is 22.7 Å². The van der Waals surface area contributed by atoms with Gasteiger partial charge in [0.15, 0.2) is 5.75 Å². The minimum atomic E-state index is -0.407. The minimum absolute atomic E-state index is 0.181. The molecule has 2 aromatic carbocycles. The predicted octanol–water partition coefficient (Wildman–Crippen LogP) is 9.52. The third-order valence-corrected chi connectivity index (χ3v) is 9.35. The van der Waals surface area contributed by atoms with Gasteiger partial charge in [0.25, 0.3) is 0 Å². The molecule has 4 N–H and O–H groups in total. The molecule has 0 fully saturated rings. The van der Waals surface area contributed by atoms with Crippen molar-refractivity contribution in [2.75, 3.05) is 11.5 Å². The molecule has 2 aromatic rings. The highest BCUT2D eigenvalue weighted by Gasteiger charge is 2.35. The standard InChI is InChI=1S/C36H56N2O3/c1-23(2)12-9-13-24(3)14-10-15-25(4)16-11-20-36(8)21-19-30-28(7)33(26(5)27(6)34(30)41-36)35(39)40-32-22-29(37)17-18-31(32)38/h17-18,22-25H,9-16,19-21,37-38H2,1-8H3. The first-order valence-corrected chi connectivity index (χ1v) is 16.0. The van der Waals surface area contributed by atoms with Crippen molar-refractivity contribution in [1.29, 1.82) is 0 Å². The maximum absolute atomic E-state index is 13.3. The number of anilines is 2. The van der Waals surface area contributed by atoms with Gasteiger partial charge in [-0.15, -0.1) is 0 Å². The number of esters is 1. The molecular formula is C36H56N2O3. The molecule has 1 aliphatic rings. The molecule has 1 aliphatic heterocycles. The van der Waals surface area contributed by atoms with Crippen molar-refractivity contribution in [3.63, 3.8) is 0 Å². The van der Waals surface area contributed by atoms with Crippen molar-refractivity contribution in [3.05, 3.63) is 46.0 Å². The number of carbonyl (C=O) groups is 1. The normalized spacial score (nSPS) is 18.1. The van der Waals surface area contributed by atoms with Crippen molar-refractivity contribution in [1.82, 2.24) is 0 Å². The van der Waals surface area contributed by atoms with E-state index in [-0.39, 0.29) is 5.60 Å². The third kappa shape index (κ3) is 8.90. The van der Waals surface area contributed by atoms with Gasteiger partial charge in [-0.25, -0.2) is 4.79 Å². The van der Waals surface area contributed by atoms with Crippen LogP contribution in [-0.4, -0.2) is 11.6 Å². The largest absolute Gasteiger partial charge is 0.487 e.